The van der Waals surface area contributed by atoms with Crippen molar-refractivity contribution in [3.8, 4) is 11.5 Å². The van der Waals surface area contributed by atoms with Crippen molar-refractivity contribution < 1.29 is 28.3 Å². The van der Waals surface area contributed by atoms with Crippen LogP contribution >= 0.6 is 11.6 Å². The van der Waals surface area contributed by atoms with E-state index in [1.807, 2.05) is 0 Å². The van der Waals surface area contributed by atoms with Crippen LogP contribution in [0.2, 0.25) is 5.02 Å². The summed E-state index contributed by atoms with van der Waals surface area (Å²) in [6, 6.07) is 7.41. The quantitative estimate of drug-likeness (QED) is 0.140. The molecular weight excluding hydrogens is 539 g/mol. The molecule has 0 aliphatic carbocycles. The van der Waals surface area contributed by atoms with E-state index in [1.165, 1.54) is 31.6 Å². The molecule has 2 aromatic heterocycles. The molecule has 0 atom stereocenters. The van der Waals surface area contributed by atoms with Crippen molar-refractivity contribution in [3.05, 3.63) is 63.9 Å². The number of hydrogen-bond acceptors (Lipinski definition) is 11. The molecular formula is C23H22ClFN8O6. The third kappa shape index (κ3) is 7.24. The number of carbonyl (C=O) groups excluding carboxylic acids is 1. The molecule has 0 spiro atoms. The van der Waals surface area contributed by atoms with Crippen LogP contribution < -0.4 is 20.1 Å². The summed E-state index contributed by atoms with van der Waals surface area (Å²) in [6.45, 7) is 0.657. The van der Waals surface area contributed by atoms with Gasteiger partial charge in [-0.15, -0.1) is 0 Å². The van der Waals surface area contributed by atoms with E-state index in [0.717, 1.165) is 11.0 Å². The Labute approximate surface area is 225 Å². The smallest absolute Gasteiger partial charge is 0.490 e. The van der Waals surface area contributed by atoms with E-state index in [2.05, 4.69) is 30.7 Å². The summed E-state index contributed by atoms with van der Waals surface area (Å²) in [7, 11) is 1.50. The third-order valence-electron chi connectivity index (χ3n) is 5.15. The maximum absolute atomic E-state index is 13.4. The van der Waals surface area contributed by atoms with Gasteiger partial charge in [-0.25, -0.2) is 14.4 Å². The fraction of sp³-hybridized carbons (Fsp3) is 0.261. The van der Waals surface area contributed by atoms with Gasteiger partial charge in [-0.3, -0.25) is 4.79 Å². The van der Waals surface area contributed by atoms with Crippen LogP contribution in [0.25, 0.3) is 10.9 Å². The molecule has 204 valence electrons. The van der Waals surface area contributed by atoms with Gasteiger partial charge in [-0.05, 0) is 29.2 Å². The number of benzene rings is 2. The van der Waals surface area contributed by atoms with Crippen LogP contribution in [0.1, 0.15) is 0 Å². The first kappa shape index (κ1) is 27.4. The molecule has 0 aliphatic rings. The summed E-state index contributed by atoms with van der Waals surface area (Å²) in [4.78, 5) is 33.8. The van der Waals surface area contributed by atoms with E-state index in [-0.39, 0.29) is 37.9 Å². The van der Waals surface area contributed by atoms with Gasteiger partial charge in [0.15, 0.2) is 11.5 Å². The van der Waals surface area contributed by atoms with Gasteiger partial charge in [0, 0.05) is 23.1 Å². The van der Waals surface area contributed by atoms with Gasteiger partial charge < -0.3 is 35.0 Å². The average molecular weight is 561 g/mol. The van der Waals surface area contributed by atoms with Crippen molar-refractivity contribution in [2.24, 2.45) is 0 Å². The molecule has 16 heteroatoms. The van der Waals surface area contributed by atoms with E-state index in [9.17, 15) is 19.3 Å². The average Bonchev–Trinajstić information content (AvgIpc) is 3.38. The summed E-state index contributed by atoms with van der Waals surface area (Å²) >= 11 is 6.13. The van der Waals surface area contributed by atoms with Crippen molar-refractivity contribution in [2.45, 2.75) is 6.54 Å². The molecule has 0 saturated heterocycles. The van der Waals surface area contributed by atoms with Crippen molar-refractivity contribution in [3.63, 3.8) is 0 Å². The minimum absolute atomic E-state index is 0.194. The van der Waals surface area contributed by atoms with Crippen LogP contribution in [-0.2, 0) is 16.1 Å². The number of aromatic nitrogens is 5. The number of nitrogens with one attached hydrogen (secondary N) is 2. The highest BCUT2D eigenvalue weighted by Crippen LogP contribution is 2.35. The van der Waals surface area contributed by atoms with Crippen LogP contribution in [0.3, 0.4) is 0 Å². The predicted octanol–water partition coefficient (Wildman–Crippen LogP) is 2.89. The zero-order valence-electron chi connectivity index (χ0n) is 20.5. The summed E-state index contributed by atoms with van der Waals surface area (Å²) in [5.41, 5.74) is 1.05. The Morgan fingerprint density at radius 1 is 1.15 bits per heavy atom. The van der Waals surface area contributed by atoms with E-state index in [0.29, 0.717) is 33.9 Å². The number of amides is 1. The van der Waals surface area contributed by atoms with E-state index in [1.54, 1.807) is 12.1 Å². The third-order valence-corrected chi connectivity index (χ3v) is 5.46. The Hall–Kier alpha value is -4.63. The molecule has 0 unspecified atom stereocenters. The molecule has 4 aromatic rings. The summed E-state index contributed by atoms with van der Waals surface area (Å²) in [6.07, 6.45) is 2.48. The van der Waals surface area contributed by atoms with Gasteiger partial charge >= 0.3 is 5.95 Å². The Bertz CT molecular complexity index is 1490. The molecule has 0 fully saturated rings. The first-order chi connectivity index (χ1) is 18.8. The molecule has 2 heterocycles. The predicted molar refractivity (Wildman–Crippen MR) is 137 cm³/mol. The topological polar surface area (TPSA) is 168 Å². The molecule has 1 amide bonds. The van der Waals surface area contributed by atoms with Gasteiger partial charge in [0.05, 0.1) is 36.6 Å². The fourth-order valence-electron chi connectivity index (χ4n) is 3.38. The number of ether oxygens (including phenoxy) is 3. The Kier molecular flexibility index (Phi) is 8.96. The maximum atomic E-state index is 13.4. The van der Waals surface area contributed by atoms with Gasteiger partial charge in [0.25, 0.3) is 0 Å². The lowest BCUT2D eigenvalue weighted by Crippen LogP contribution is -2.31. The van der Waals surface area contributed by atoms with Crippen LogP contribution in [0.15, 0.2) is 43.0 Å². The summed E-state index contributed by atoms with van der Waals surface area (Å²) < 4.78 is 31.2. The molecule has 39 heavy (non-hydrogen) atoms. The number of hydrogen-bond donors (Lipinski definition) is 2. The van der Waals surface area contributed by atoms with Gasteiger partial charge in [0.2, 0.25) is 12.2 Å². The molecule has 14 nitrogen and oxygen atoms in total. The Morgan fingerprint density at radius 3 is 2.74 bits per heavy atom. The van der Waals surface area contributed by atoms with Crippen LogP contribution in [0.5, 0.6) is 11.5 Å². The van der Waals surface area contributed by atoms with Crippen LogP contribution in [0, 0.1) is 15.9 Å². The number of nitrogens with zero attached hydrogens (tertiary/aromatic N) is 6. The normalized spacial score (nSPS) is 10.8. The van der Waals surface area contributed by atoms with Crippen LogP contribution in [-0.4, -0.2) is 69.0 Å². The largest absolute Gasteiger partial charge is 0.493 e. The lowest BCUT2D eigenvalue weighted by molar-refractivity contribution is -0.394. The minimum Gasteiger partial charge on any atom is -0.493 e. The standard InChI is InChI=1S/C23H22ClFN8O6/c1-37-19-9-15-18(27-12-28-22(15)30-17-3-2-14(25)8-16(17)24)10-20(19)39-7-6-38-5-4-26-21(34)11-32-13-29-23(31-32)33(35)36/h2-3,8-10,12-13H,4-7,11H2,1H3,(H,26,34)(H,27,28,30). The van der Waals surface area contributed by atoms with Crippen molar-refractivity contribution in [2.75, 3.05) is 38.8 Å². The second-order valence-electron chi connectivity index (χ2n) is 7.80. The number of anilines is 2. The number of halogens is 2. The monoisotopic (exact) mass is 560 g/mol. The first-order valence-electron chi connectivity index (χ1n) is 11.4. The zero-order chi connectivity index (χ0) is 27.8. The minimum atomic E-state index is -0.744. The molecule has 2 N–H and O–H groups in total. The van der Waals surface area contributed by atoms with Crippen molar-refractivity contribution in [1.29, 1.82) is 0 Å². The zero-order valence-corrected chi connectivity index (χ0v) is 21.2. The number of fused-ring (bicyclic) bond motifs is 1. The molecule has 0 saturated carbocycles. The fourth-order valence-corrected chi connectivity index (χ4v) is 3.59. The highest BCUT2D eigenvalue weighted by molar-refractivity contribution is 6.33. The SMILES string of the molecule is COc1cc2c(Nc3ccc(F)cc3Cl)ncnc2cc1OCCOCCNC(=O)Cn1cnc([N+](=O)[O-])n1. The highest BCUT2D eigenvalue weighted by Gasteiger charge is 2.15. The molecule has 0 radical (unpaired) electrons. The second kappa shape index (κ2) is 12.7. The summed E-state index contributed by atoms with van der Waals surface area (Å²) in [5.74, 6) is -0.0968. The molecule has 2 aromatic carbocycles. The lowest BCUT2D eigenvalue weighted by atomic mass is 10.2. The Balaban J connectivity index is 1.26. The van der Waals surface area contributed by atoms with E-state index >= 15 is 0 Å². The highest BCUT2D eigenvalue weighted by atomic mass is 35.5. The van der Waals surface area contributed by atoms with Gasteiger partial charge in [0.1, 0.15) is 31.1 Å². The number of nitro groups is 1. The van der Waals surface area contributed by atoms with Crippen LogP contribution in [0.4, 0.5) is 21.8 Å². The second-order valence-corrected chi connectivity index (χ2v) is 8.21. The molecule has 0 aliphatic heterocycles. The van der Waals surface area contributed by atoms with E-state index in [4.69, 9.17) is 25.8 Å². The maximum Gasteiger partial charge on any atom is 0.490 e. The van der Waals surface area contributed by atoms with Gasteiger partial charge in [-0.1, -0.05) is 16.6 Å². The number of methoxy groups -OCH3 is 1. The lowest BCUT2D eigenvalue weighted by Gasteiger charge is -2.14. The summed E-state index contributed by atoms with van der Waals surface area (Å²) in [5, 5.41) is 20.7. The van der Waals surface area contributed by atoms with Gasteiger partial charge in [-0.2, -0.15) is 4.68 Å². The Morgan fingerprint density at radius 2 is 2.00 bits per heavy atom. The number of carbonyl (C=O) groups is 1. The first-order valence-corrected chi connectivity index (χ1v) is 11.8. The van der Waals surface area contributed by atoms with Crippen molar-refractivity contribution in [1.82, 2.24) is 30.0 Å². The number of rotatable bonds is 13. The van der Waals surface area contributed by atoms with Crippen molar-refractivity contribution >= 4 is 45.9 Å². The van der Waals surface area contributed by atoms with E-state index < -0.39 is 22.6 Å². The molecule has 0 bridgehead atoms. The molecule has 4 rings (SSSR count).